The predicted octanol–water partition coefficient (Wildman–Crippen LogP) is 3.93. The van der Waals surface area contributed by atoms with E-state index in [4.69, 9.17) is 18.9 Å². The van der Waals surface area contributed by atoms with Gasteiger partial charge < -0.3 is 34.2 Å². The number of aliphatic hydroxyl groups is 1. The molecule has 2 N–H and O–H groups in total. The van der Waals surface area contributed by atoms with E-state index in [9.17, 15) is 23.1 Å². The molecular weight excluding hydrogens is 600 g/mol. The van der Waals surface area contributed by atoms with Crippen molar-refractivity contribution in [3.8, 4) is 5.75 Å². The van der Waals surface area contributed by atoms with Crippen LogP contribution in [0.4, 0.5) is 4.79 Å². The number of carbonyl (C=O) groups excluding carboxylic acids is 2. The predicted molar refractivity (Wildman–Crippen MR) is 167 cm³/mol. The molecule has 0 saturated carbocycles. The number of alkyl carbamates (subject to hydrolysis) is 1. The molecule has 12 heteroatoms. The van der Waals surface area contributed by atoms with Gasteiger partial charge in [0.25, 0.3) is 0 Å². The summed E-state index contributed by atoms with van der Waals surface area (Å²) in [6.07, 6.45) is -0.286. The Labute approximate surface area is 266 Å². The van der Waals surface area contributed by atoms with E-state index < -0.39 is 39.8 Å². The quantitative estimate of drug-likeness (QED) is 0.278. The molecule has 0 aromatic heterocycles. The summed E-state index contributed by atoms with van der Waals surface area (Å²) in [6.45, 7) is 5.98. The lowest BCUT2D eigenvalue weighted by Crippen LogP contribution is -2.52. The lowest BCUT2D eigenvalue weighted by molar-refractivity contribution is -0.117. The Morgan fingerprint density at radius 3 is 2.49 bits per heavy atom. The van der Waals surface area contributed by atoms with Crippen molar-refractivity contribution >= 4 is 21.9 Å². The zero-order valence-electron chi connectivity index (χ0n) is 26.5. The lowest BCUT2D eigenvalue weighted by Gasteiger charge is -2.35. The molecular formula is C33H46N2O9S. The summed E-state index contributed by atoms with van der Waals surface area (Å²) >= 11 is 0. The number of amides is 1. The number of fused-ring (bicyclic) bond motifs is 1. The molecule has 5 atom stereocenters. The monoisotopic (exact) mass is 646 g/mol. The molecule has 2 aromatic rings. The van der Waals surface area contributed by atoms with E-state index >= 15 is 0 Å². The van der Waals surface area contributed by atoms with Crippen molar-refractivity contribution in [2.75, 3.05) is 33.4 Å². The van der Waals surface area contributed by atoms with Gasteiger partial charge in [0.2, 0.25) is 10.0 Å². The Morgan fingerprint density at radius 1 is 1.11 bits per heavy atom. The molecule has 4 rings (SSSR count). The molecule has 248 valence electrons. The van der Waals surface area contributed by atoms with Crippen molar-refractivity contribution in [1.82, 2.24) is 9.62 Å². The van der Waals surface area contributed by atoms with Crippen LogP contribution in [-0.4, -0.2) is 87.7 Å². The van der Waals surface area contributed by atoms with Gasteiger partial charge in [-0.2, -0.15) is 4.31 Å². The van der Waals surface area contributed by atoms with E-state index in [1.54, 1.807) is 12.1 Å². The first kappa shape index (κ1) is 34.8. The van der Waals surface area contributed by atoms with Crippen LogP contribution in [-0.2, 0) is 35.4 Å². The van der Waals surface area contributed by atoms with Crippen molar-refractivity contribution < 1.29 is 42.1 Å². The van der Waals surface area contributed by atoms with E-state index in [0.29, 0.717) is 31.6 Å². The van der Waals surface area contributed by atoms with Gasteiger partial charge in [-0.05, 0) is 67.9 Å². The summed E-state index contributed by atoms with van der Waals surface area (Å²) in [7, 11) is -2.58. The minimum atomic E-state index is -4.08. The number of hydrogen-bond donors (Lipinski definition) is 2. The zero-order valence-corrected chi connectivity index (χ0v) is 27.3. The molecule has 2 aromatic carbocycles. The highest BCUT2D eigenvalue weighted by atomic mass is 32.2. The topological polar surface area (TPSA) is 141 Å². The average molecular weight is 647 g/mol. The molecule has 0 spiro atoms. The summed E-state index contributed by atoms with van der Waals surface area (Å²) in [4.78, 5) is 24.8. The number of nitrogens with one attached hydrogen (secondary N) is 1. The first-order valence-corrected chi connectivity index (χ1v) is 16.9. The lowest BCUT2D eigenvalue weighted by atomic mass is 9.86. The van der Waals surface area contributed by atoms with Crippen LogP contribution >= 0.6 is 0 Å². The van der Waals surface area contributed by atoms with Crippen LogP contribution < -0.4 is 10.1 Å². The van der Waals surface area contributed by atoms with Crippen LogP contribution in [0, 0.1) is 11.3 Å². The summed E-state index contributed by atoms with van der Waals surface area (Å²) < 4.78 is 51.4. The maximum Gasteiger partial charge on any atom is 0.407 e. The van der Waals surface area contributed by atoms with E-state index in [-0.39, 0.29) is 49.0 Å². The number of carbonyl (C=O) groups is 2. The Kier molecular flexibility index (Phi) is 12.0. The number of ketones is 1. The first-order chi connectivity index (χ1) is 21.4. The van der Waals surface area contributed by atoms with Crippen LogP contribution in [0.25, 0.3) is 0 Å². The smallest absolute Gasteiger partial charge is 0.407 e. The molecule has 45 heavy (non-hydrogen) atoms. The summed E-state index contributed by atoms with van der Waals surface area (Å²) in [6, 6.07) is 14.6. The standard InChI is InChI=1S/C33H46N2O9S/c1-23(36)9-8-17-33(2,3)22-35(45(39,40)26-14-12-25(41-4)13-15-26)20-29(37)28(19-24-10-6-5-7-11-24)34-32(38)44-30-21-43-31-27(30)16-18-42-31/h5-7,10-15,27-31,37H,8-9,16-22H2,1-4H3,(H,34,38)/t27-,28-,29+,30-,31+/m0/s1. The molecule has 2 heterocycles. The number of nitrogens with zero attached hydrogens (tertiary/aromatic N) is 1. The molecule has 0 radical (unpaired) electrons. The second-order valence-electron chi connectivity index (χ2n) is 12.7. The van der Waals surface area contributed by atoms with Crippen LogP contribution in [0.3, 0.4) is 0 Å². The minimum absolute atomic E-state index is 0.0522. The van der Waals surface area contributed by atoms with Crippen LogP contribution in [0.2, 0.25) is 0 Å². The largest absolute Gasteiger partial charge is 0.497 e. The maximum atomic E-state index is 14.0. The fourth-order valence-electron chi connectivity index (χ4n) is 5.87. The van der Waals surface area contributed by atoms with Gasteiger partial charge in [-0.1, -0.05) is 44.2 Å². The highest BCUT2D eigenvalue weighted by Gasteiger charge is 2.44. The maximum absolute atomic E-state index is 14.0. The van der Waals surface area contributed by atoms with E-state index in [1.807, 2.05) is 44.2 Å². The van der Waals surface area contributed by atoms with Crippen molar-refractivity contribution in [3.05, 3.63) is 60.2 Å². The third-order valence-corrected chi connectivity index (χ3v) is 10.2. The number of ether oxygens (including phenoxy) is 4. The second kappa shape index (κ2) is 15.5. The molecule has 2 fully saturated rings. The van der Waals surface area contributed by atoms with E-state index in [2.05, 4.69) is 5.32 Å². The first-order valence-electron chi connectivity index (χ1n) is 15.4. The molecule has 2 aliphatic heterocycles. The molecule has 0 bridgehead atoms. The zero-order chi connectivity index (χ0) is 32.6. The van der Waals surface area contributed by atoms with E-state index in [0.717, 1.165) is 12.0 Å². The van der Waals surface area contributed by atoms with Gasteiger partial charge in [-0.3, -0.25) is 0 Å². The van der Waals surface area contributed by atoms with Crippen LogP contribution in [0.5, 0.6) is 5.75 Å². The molecule has 11 nitrogen and oxygen atoms in total. The number of hydrogen-bond acceptors (Lipinski definition) is 9. The van der Waals surface area contributed by atoms with Gasteiger partial charge in [-0.15, -0.1) is 0 Å². The molecule has 0 aliphatic carbocycles. The molecule has 2 aliphatic rings. The summed E-state index contributed by atoms with van der Waals surface area (Å²) in [5.74, 6) is 0.535. The van der Waals surface area contributed by atoms with Crippen molar-refractivity contribution in [2.45, 2.75) is 82.3 Å². The normalized spacial score (nSPS) is 21.2. The fourth-order valence-corrected chi connectivity index (χ4v) is 7.52. The van der Waals surface area contributed by atoms with Crippen LogP contribution in [0.1, 0.15) is 52.0 Å². The highest BCUT2D eigenvalue weighted by molar-refractivity contribution is 7.89. The van der Waals surface area contributed by atoms with E-state index in [1.165, 1.54) is 30.5 Å². The summed E-state index contributed by atoms with van der Waals surface area (Å²) in [5, 5.41) is 14.5. The molecule has 2 saturated heterocycles. The SMILES string of the molecule is COc1ccc(S(=O)(=O)N(C[C@@H](O)[C@H](Cc2ccccc2)NC(=O)O[C@H]2CO[C@H]3OCC[C@H]32)CC(C)(C)CCCC(C)=O)cc1. The Bertz CT molecular complexity index is 1370. The van der Waals surface area contributed by atoms with Gasteiger partial charge in [0, 0.05) is 19.5 Å². The fraction of sp³-hybridized carbons (Fsp3) is 0.576. The third kappa shape index (κ3) is 9.73. The molecule has 1 amide bonds. The van der Waals surface area contributed by atoms with Crippen molar-refractivity contribution in [3.63, 3.8) is 0 Å². The van der Waals surface area contributed by atoms with Gasteiger partial charge in [0.05, 0.1) is 43.3 Å². The number of benzene rings is 2. The number of Topliss-reactive ketones (excluding diaryl/α,β-unsaturated/α-hetero) is 1. The van der Waals surface area contributed by atoms with Gasteiger partial charge in [-0.25, -0.2) is 13.2 Å². The average Bonchev–Trinajstić information content (AvgIpc) is 3.62. The summed E-state index contributed by atoms with van der Waals surface area (Å²) in [5.41, 5.74) is 0.336. The number of aliphatic hydroxyl groups excluding tert-OH is 1. The number of methoxy groups -OCH3 is 1. The Balaban J connectivity index is 1.56. The second-order valence-corrected chi connectivity index (χ2v) is 14.6. The van der Waals surface area contributed by atoms with Crippen molar-refractivity contribution in [1.29, 1.82) is 0 Å². The van der Waals surface area contributed by atoms with Gasteiger partial charge in [0.15, 0.2) is 6.29 Å². The Hall–Kier alpha value is -3.03. The van der Waals surface area contributed by atoms with Gasteiger partial charge >= 0.3 is 6.09 Å². The molecule has 0 unspecified atom stereocenters. The van der Waals surface area contributed by atoms with Crippen molar-refractivity contribution in [2.24, 2.45) is 11.3 Å². The minimum Gasteiger partial charge on any atom is -0.497 e. The van der Waals surface area contributed by atoms with Crippen LogP contribution in [0.15, 0.2) is 59.5 Å². The number of sulfonamides is 1. The van der Waals surface area contributed by atoms with Gasteiger partial charge in [0.1, 0.15) is 17.6 Å². The number of rotatable bonds is 16. The highest BCUT2D eigenvalue weighted by Crippen LogP contribution is 2.33. The third-order valence-electron chi connectivity index (χ3n) is 8.38. The Morgan fingerprint density at radius 2 is 1.82 bits per heavy atom.